The van der Waals surface area contributed by atoms with Gasteiger partial charge >= 0.3 is 0 Å². The summed E-state index contributed by atoms with van der Waals surface area (Å²) in [6.07, 6.45) is 0. The molecule has 0 bridgehead atoms. The first-order valence-electron chi connectivity index (χ1n) is 8.61. The first-order valence-corrected chi connectivity index (χ1v) is 8.61. The van der Waals surface area contributed by atoms with Crippen LogP contribution < -0.4 is 0 Å². The number of nitrogens with zero attached hydrogens (tertiary/aromatic N) is 8. The van der Waals surface area contributed by atoms with Crippen LogP contribution >= 0.6 is 0 Å². The largest absolute Gasteiger partial charge is 0.370 e. The first-order chi connectivity index (χ1) is 14.7. The highest BCUT2D eigenvalue weighted by Gasteiger charge is 2.23. The molecule has 0 unspecified atom stereocenters. The number of hydrogen-bond donors (Lipinski definition) is 0. The van der Waals surface area contributed by atoms with Gasteiger partial charge in [-0.3, -0.25) is 0 Å². The molecule has 2 aromatic heterocycles. The molecule has 0 aliphatic carbocycles. The van der Waals surface area contributed by atoms with Gasteiger partial charge in [-0.2, -0.15) is 10.5 Å². The van der Waals surface area contributed by atoms with Crippen LogP contribution in [0.25, 0.3) is 53.3 Å². The summed E-state index contributed by atoms with van der Waals surface area (Å²) in [6.45, 7) is 14.7. The molecule has 30 heavy (non-hydrogen) atoms. The van der Waals surface area contributed by atoms with E-state index in [1.54, 1.807) is 0 Å². The second-order valence-electron chi connectivity index (χ2n) is 6.38. The van der Waals surface area contributed by atoms with Gasteiger partial charge in [-0.15, -0.1) is 9.97 Å². The molecule has 3 aromatic carbocycles. The lowest BCUT2D eigenvalue weighted by Gasteiger charge is -2.08. The van der Waals surface area contributed by atoms with E-state index in [4.69, 9.17) is 13.1 Å². The van der Waals surface area contributed by atoms with Crippen LogP contribution in [0.2, 0.25) is 0 Å². The Morgan fingerprint density at radius 3 is 1.60 bits per heavy atom. The van der Waals surface area contributed by atoms with E-state index in [1.165, 1.54) is 0 Å². The van der Waals surface area contributed by atoms with E-state index >= 15 is 0 Å². The molecule has 0 saturated heterocycles. The Balaban J connectivity index is 2.15. The Hall–Kier alpha value is -5.18. The minimum Gasteiger partial charge on any atom is -0.370 e. The van der Waals surface area contributed by atoms with Crippen molar-refractivity contribution >= 4 is 55.2 Å². The van der Waals surface area contributed by atoms with E-state index in [0.717, 1.165) is 10.8 Å². The Kier molecular flexibility index (Phi) is 3.49. The number of nitriles is 2. The smallest absolute Gasteiger partial charge is 0.294 e. The number of hydrogen-bond acceptors (Lipinski definition) is 6. The maximum atomic E-state index is 9.41. The van der Waals surface area contributed by atoms with Crippen LogP contribution in [0.5, 0.6) is 0 Å². The van der Waals surface area contributed by atoms with Crippen LogP contribution in [-0.2, 0) is 0 Å². The van der Waals surface area contributed by atoms with E-state index in [2.05, 4.69) is 29.6 Å². The van der Waals surface area contributed by atoms with E-state index < -0.39 is 0 Å². The molecule has 8 heteroatoms. The average molecular weight is 382 g/mol. The van der Waals surface area contributed by atoms with Crippen molar-refractivity contribution in [3.63, 3.8) is 0 Å². The minimum atomic E-state index is -0.149. The minimum absolute atomic E-state index is 0.0880. The average Bonchev–Trinajstić information content (AvgIpc) is 2.81. The van der Waals surface area contributed by atoms with Gasteiger partial charge in [-0.25, -0.2) is 9.97 Å². The van der Waals surface area contributed by atoms with E-state index in [0.29, 0.717) is 21.8 Å². The lowest BCUT2D eigenvalue weighted by molar-refractivity contribution is 1.20. The third-order valence-electron chi connectivity index (χ3n) is 4.80. The second-order valence-corrected chi connectivity index (χ2v) is 6.38. The summed E-state index contributed by atoms with van der Waals surface area (Å²) in [6, 6.07) is 15.3. The normalized spacial score (nSPS) is 10.5. The fraction of sp³-hybridized carbons (Fsp3) is 0. The molecule has 0 spiro atoms. The topological polar surface area (TPSA) is 108 Å². The highest BCUT2D eigenvalue weighted by molar-refractivity contribution is 6.23. The number of benzene rings is 3. The summed E-state index contributed by atoms with van der Waals surface area (Å²) in [5.74, 6) is -0.253. The maximum Gasteiger partial charge on any atom is 0.294 e. The predicted octanol–water partition coefficient (Wildman–Crippen LogP) is 4.72. The van der Waals surface area contributed by atoms with Gasteiger partial charge in [-0.1, -0.05) is 37.4 Å². The summed E-state index contributed by atoms with van der Waals surface area (Å²) in [5.41, 5.74) is 1.09. The van der Waals surface area contributed by atoms with Crippen molar-refractivity contribution < 1.29 is 0 Å². The molecule has 0 N–H and O–H groups in total. The van der Waals surface area contributed by atoms with Crippen molar-refractivity contribution in [1.29, 1.82) is 10.5 Å². The van der Waals surface area contributed by atoms with Crippen molar-refractivity contribution in [3.8, 4) is 12.1 Å². The summed E-state index contributed by atoms with van der Waals surface area (Å²) in [7, 11) is 0. The molecule has 0 amide bonds. The van der Waals surface area contributed by atoms with Crippen LogP contribution in [0.15, 0.2) is 36.4 Å². The summed E-state index contributed by atoms with van der Waals surface area (Å²) in [5, 5.41) is 22.1. The van der Waals surface area contributed by atoms with Crippen molar-refractivity contribution in [3.05, 3.63) is 70.6 Å². The van der Waals surface area contributed by atoms with E-state index in [-0.39, 0.29) is 34.1 Å². The lowest BCUT2D eigenvalue weighted by atomic mass is 10.0. The fourth-order valence-electron chi connectivity index (χ4n) is 3.50. The third kappa shape index (κ3) is 2.23. The molecule has 0 atom stereocenters. The molecule has 0 aliphatic heterocycles. The molecular weight excluding hydrogens is 376 g/mol. The molecular formula is C22H6N8. The fourth-order valence-corrected chi connectivity index (χ4v) is 3.50. The molecule has 0 radical (unpaired) electrons. The van der Waals surface area contributed by atoms with Gasteiger partial charge in [0.25, 0.3) is 11.6 Å². The van der Waals surface area contributed by atoms with Crippen LogP contribution in [0.4, 0.5) is 11.6 Å². The van der Waals surface area contributed by atoms with Crippen LogP contribution in [-0.4, -0.2) is 19.9 Å². The van der Waals surface area contributed by atoms with Gasteiger partial charge in [0.2, 0.25) is 11.0 Å². The standard InChI is InChI=1S/C22H6N8/c1-25-21-22(26-2)30-20-18(29-21)14-8-12-6-4-3-5-11(12)7-13(14)17-19(20)28-16(10-24)15(9-23)27-17/h3-8H. The monoisotopic (exact) mass is 382 g/mol. The molecule has 0 aliphatic rings. The Bertz CT molecular complexity index is 1610. The van der Waals surface area contributed by atoms with E-state index in [1.807, 2.05) is 48.5 Å². The molecule has 5 rings (SSSR count). The van der Waals surface area contributed by atoms with Crippen LogP contribution in [0.1, 0.15) is 11.4 Å². The van der Waals surface area contributed by atoms with Crippen molar-refractivity contribution in [1.82, 2.24) is 19.9 Å². The summed E-state index contributed by atoms with van der Waals surface area (Å²) >= 11 is 0. The van der Waals surface area contributed by atoms with Gasteiger partial charge in [0.15, 0.2) is 11.4 Å². The SMILES string of the molecule is [C-]#[N+]c1nc2c3cc4ccccc4cc3c3nc(C#N)c(C#N)nc3c2nc1[N+]#[C-]. The maximum absolute atomic E-state index is 9.41. The number of rotatable bonds is 0. The Morgan fingerprint density at radius 2 is 1.10 bits per heavy atom. The highest BCUT2D eigenvalue weighted by Crippen LogP contribution is 2.37. The van der Waals surface area contributed by atoms with Crippen molar-refractivity contribution in [2.45, 2.75) is 0 Å². The summed E-state index contributed by atoms with van der Waals surface area (Å²) < 4.78 is 0. The van der Waals surface area contributed by atoms with Crippen molar-refractivity contribution in [2.75, 3.05) is 0 Å². The van der Waals surface area contributed by atoms with Gasteiger partial charge < -0.3 is 9.69 Å². The quantitative estimate of drug-likeness (QED) is 0.218. The predicted molar refractivity (Wildman–Crippen MR) is 110 cm³/mol. The zero-order valence-electron chi connectivity index (χ0n) is 15.0. The highest BCUT2D eigenvalue weighted by atomic mass is 15.0. The molecule has 0 saturated carbocycles. The molecule has 2 heterocycles. The third-order valence-corrected chi connectivity index (χ3v) is 4.80. The molecule has 5 aromatic rings. The second kappa shape index (κ2) is 6.17. The number of fused-ring (bicyclic) bond motifs is 7. The van der Waals surface area contributed by atoms with E-state index in [9.17, 15) is 10.5 Å². The Labute approximate surface area is 168 Å². The first kappa shape index (κ1) is 17.0. The Morgan fingerprint density at radius 1 is 0.667 bits per heavy atom. The van der Waals surface area contributed by atoms with Gasteiger partial charge in [0, 0.05) is 10.8 Å². The molecule has 0 fully saturated rings. The number of aromatic nitrogens is 4. The zero-order valence-corrected chi connectivity index (χ0v) is 15.0. The van der Waals surface area contributed by atoms with Gasteiger partial charge in [0.1, 0.15) is 23.2 Å². The molecule has 134 valence electrons. The lowest BCUT2D eigenvalue weighted by Crippen LogP contribution is -1.99. The summed E-state index contributed by atoms with van der Waals surface area (Å²) in [4.78, 5) is 24.1. The van der Waals surface area contributed by atoms with Crippen LogP contribution in [0.3, 0.4) is 0 Å². The zero-order chi connectivity index (χ0) is 20.8. The van der Waals surface area contributed by atoms with Gasteiger partial charge in [-0.05, 0) is 22.9 Å². The van der Waals surface area contributed by atoms with Crippen LogP contribution in [0, 0.1) is 35.8 Å². The molecule has 8 nitrogen and oxygen atoms in total. The van der Waals surface area contributed by atoms with Gasteiger partial charge in [0.05, 0.1) is 0 Å². The van der Waals surface area contributed by atoms with Crippen molar-refractivity contribution in [2.24, 2.45) is 0 Å².